The van der Waals surface area contributed by atoms with Gasteiger partial charge in [-0.1, -0.05) is 6.58 Å². The first-order chi connectivity index (χ1) is 5.79. The van der Waals surface area contributed by atoms with E-state index < -0.39 is 6.10 Å². The van der Waals surface area contributed by atoms with Crippen molar-refractivity contribution in [3.05, 3.63) is 12.7 Å². The zero-order valence-electron chi connectivity index (χ0n) is 9.12. The van der Waals surface area contributed by atoms with Crippen LogP contribution in [0.2, 0.25) is 0 Å². The lowest BCUT2D eigenvalue weighted by Gasteiger charge is -2.35. The molecular weight excluding hydrogens is 204 g/mol. The minimum Gasteiger partial charge on any atom is -1.00 e. The van der Waals surface area contributed by atoms with Crippen LogP contribution in [0.25, 0.3) is 0 Å². The van der Waals surface area contributed by atoms with Crippen molar-refractivity contribution in [3.8, 4) is 0 Å². The normalized spacial score (nSPS) is 14.9. The van der Waals surface area contributed by atoms with Gasteiger partial charge in [-0.15, -0.1) is 0 Å². The van der Waals surface area contributed by atoms with Gasteiger partial charge in [-0.25, -0.2) is 0 Å². The summed E-state index contributed by atoms with van der Waals surface area (Å²) in [5.74, 6) is -0.265. The summed E-state index contributed by atoms with van der Waals surface area (Å²) in [6.07, 6.45) is 0.291. The molecule has 2 atom stereocenters. The summed E-state index contributed by atoms with van der Waals surface area (Å²) in [6.45, 7) is 5.00. The second kappa shape index (κ2) is 6.01. The number of nitrogens with zero attached hydrogens (tertiary/aromatic N) is 1. The Morgan fingerprint density at radius 1 is 1.50 bits per heavy atom. The first-order valence-corrected chi connectivity index (χ1v) is 4.21. The van der Waals surface area contributed by atoms with E-state index in [9.17, 15) is 9.90 Å². The third-order valence-corrected chi connectivity index (χ3v) is 1.77. The Morgan fingerprint density at radius 3 is 2.14 bits per heavy atom. The first kappa shape index (κ1) is 15.9. The molecule has 0 aromatic carbocycles. The highest BCUT2D eigenvalue weighted by molar-refractivity contribution is 5.86. The maximum Gasteiger partial charge on any atom is 0.247 e. The summed E-state index contributed by atoms with van der Waals surface area (Å²) in [5.41, 5.74) is 0. The first-order valence-electron chi connectivity index (χ1n) is 4.21. The molecule has 2 N–H and O–H groups in total. The van der Waals surface area contributed by atoms with Crippen LogP contribution in [0.1, 0.15) is 6.92 Å². The van der Waals surface area contributed by atoms with Crippen LogP contribution in [-0.4, -0.2) is 48.9 Å². The maximum atomic E-state index is 11.0. The molecule has 0 radical (unpaired) electrons. The van der Waals surface area contributed by atoms with Crippen LogP contribution in [0.5, 0.6) is 0 Å². The van der Waals surface area contributed by atoms with Crippen molar-refractivity contribution in [1.29, 1.82) is 0 Å². The SMILES string of the molecule is C=CC(=O)NC(C(C)O)[N+](C)(C)C.[Cl-]. The molecule has 2 unspecified atom stereocenters. The van der Waals surface area contributed by atoms with E-state index in [1.54, 1.807) is 6.92 Å². The van der Waals surface area contributed by atoms with Gasteiger partial charge < -0.3 is 27.3 Å². The number of carbonyl (C=O) groups is 1. The lowest BCUT2D eigenvalue weighted by Crippen LogP contribution is -3.00. The molecule has 0 saturated carbocycles. The molecule has 0 rings (SSSR count). The Balaban J connectivity index is 0. The standard InChI is InChI=1S/C9H18N2O2.ClH/c1-6-8(13)10-9(7(2)12)11(3,4)5;/h6-7,9,12H,1H2,2-5H3;1H. The highest BCUT2D eigenvalue weighted by Crippen LogP contribution is 2.04. The van der Waals surface area contributed by atoms with E-state index in [0.717, 1.165) is 0 Å². The van der Waals surface area contributed by atoms with Crippen LogP contribution in [0.4, 0.5) is 0 Å². The van der Waals surface area contributed by atoms with Crippen molar-refractivity contribution in [3.63, 3.8) is 0 Å². The van der Waals surface area contributed by atoms with E-state index in [1.807, 2.05) is 21.1 Å². The fourth-order valence-corrected chi connectivity index (χ4v) is 1.17. The summed E-state index contributed by atoms with van der Waals surface area (Å²) >= 11 is 0. The van der Waals surface area contributed by atoms with Crippen molar-refractivity contribution in [2.45, 2.75) is 19.2 Å². The molecular formula is C9H19ClN2O2. The molecule has 0 aromatic rings. The van der Waals surface area contributed by atoms with Crippen molar-refractivity contribution in [2.75, 3.05) is 21.1 Å². The highest BCUT2D eigenvalue weighted by Gasteiger charge is 2.29. The number of nitrogens with one attached hydrogen (secondary N) is 1. The molecule has 1 amide bonds. The Kier molecular flexibility index (Phi) is 6.81. The van der Waals surface area contributed by atoms with E-state index in [1.165, 1.54) is 6.08 Å². The van der Waals surface area contributed by atoms with Gasteiger partial charge in [0.25, 0.3) is 0 Å². The molecule has 0 heterocycles. The van der Waals surface area contributed by atoms with Crippen molar-refractivity contribution in [2.24, 2.45) is 0 Å². The number of carbonyl (C=O) groups excluding carboxylic acids is 1. The van der Waals surface area contributed by atoms with Gasteiger partial charge in [-0.3, -0.25) is 4.79 Å². The molecule has 0 aromatic heterocycles. The number of aliphatic hydroxyl groups excluding tert-OH is 1. The molecule has 4 nitrogen and oxygen atoms in total. The Hall–Kier alpha value is -0.580. The number of halogens is 1. The molecule has 0 spiro atoms. The average molecular weight is 223 g/mol. The van der Waals surface area contributed by atoms with Crippen LogP contribution in [-0.2, 0) is 4.79 Å². The molecule has 14 heavy (non-hydrogen) atoms. The van der Waals surface area contributed by atoms with Gasteiger partial charge in [0.2, 0.25) is 5.91 Å². The largest absolute Gasteiger partial charge is 1.00 e. The van der Waals surface area contributed by atoms with Gasteiger partial charge in [0.15, 0.2) is 6.17 Å². The third-order valence-electron chi connectivity index (χ3n) is 1.77. The second-order valence-corrected chi connectivity index (χ2v) is 4.01. The summed E-state index contributed by atoms with van der Waals surface area (Å²) < 4.78 is 0.469. The maximum absolute atomic E-state index is 11.0. The number of amides is 1. The van der Waals surface area contributed by atoms with E-state index in [0.29, 0.717) is 4.48 Å². The molecule has 0 aliphatic rings. The van der Waals surface area contributed by atoms with Gasteiger partial charge in [0.1, 0.15) is 6.10 Å². The number of hydrogen-bond acceptors (Lipinski definition) is 2. The van der Waals surface area contributed by atoms with Crippen LogP contribution >= 0.6 is 0 Å². The molecule has 5 heteroatoms. The van der Waals surface area contributed by atoms with Gasteiger partial charge in [0.05, 0.1) is 21.1 Å². The zero-order chi connectivity index (χ0) is 10.6. The van der Waals surface area contributed by atoms with Gasteiger partial charge in [-0.05, 0) is 13.0 Å². The Bertz CT molecular complexity index is 199. The fraction of sp³-hybridized carbons (Fsp3) is 0.667. The van der Waals surface area contributed by atoms with Crippen LogP contribution in [0, 0.1) is 0 Å². The summed E-state index contributed by atoms with van der Waals surface area (Å²) in [6, 6.07) is 0. The predicted molar refractivity (Wildman–Crippen MR) is 51.8 cm³/mol. The topological polar surface area (TPSA) is 49.3 Å². The third kappa shape index (κ3) is 5.21. The monoisotopic (exact) mass is 222 g/mol. The quantitative estimate of drug-likeness (QED) is 0.298. The predicted octanol–water partition coefficient (Wildman–Crippen LogP) is -3.29. The number of hydrogen-bond donors (Lipinski definition) is 2. The lowest BCUT2D eigenvalue weighted by atomic mass is 10.2. The zero-order valence-corrected chi connectivity index (χ0v) is 9.88. The van der Waals surface area contributed by atoms with Gasteiger partial charge >= 0.3 is 0 Å². The summed E-state index contributed by atoms with van der Waals surface area (Å²) in [5, 5.41) is 12.1. The van der Waals surface area contributed by atoms with E-state index >= 15 is 0 Å². The van der Waals surface area contributed by atoms with Crippen LogP contribution in [0.3, 0.4) is 0 Å². The number of likely N-dealkylation sites (N-methyl/N-ethyl adjacent to an activating group) is 1. The minimum absolute atomic E-state index is 0. The van der Waals surface area contributed by atoms with Gasteiger partial charge in [0, 0.05) is 0 Å². The number of quaternary nitrogens is 1. The van der Waals surface area contributed by atoms with E-state index in [2.05, 4.69) is 11.9 Å². The van der Waals surface area contributed by atoms with Crippen LogP contribution < -0.4 is 17.7 Å². The second-order valence-electron chi connectivity index (χ2n) is 4.01. The summed E-state index contributed by atoms with van der Waals surface area (Å²) in [4.78, 5) is 11.0. The van der Waals surface area contributed by atoms with Crippen molar-refractivity contribution >= 4 is 5.91 Å². The van der Waals surface area contributed by atoms with Crippen molar-refractivity contribution < 1.29 is 26.8 Å². The van der Waals surface area contributed by atoms with E-state index in [4.69, 9.17) is 0 Å². The minimum atomic E-state index is -0.594. The van der Waals surface area contributed by atoms with E-state index in [-0.39, 0.29) is 24.5 Å². The molecule has 0 aliphatic heterocycles. The Morgan fingerprint density at radius 2 is 1.93 bits per heavy atom. The van der Waals surface area contributed by atoms with Crippen LogP contribution in [0.15, 0.2) is 12.7 Å². The molecule has 0 aliphatic carbocycles. The average Bonchev–Trinajstić information content (AvgIpc) is 1.96. The fourth-order valence-electron chi connectivity index (χ4n) is 1.17. The highest BCUT2D eigenvalue weighted by atomic mass is 35.5. The number of aliphatic hydroxyl groups is 1. The molecule has 0 fully saturated rings. The summed E-state index contributed by atoms with van der Waals surface area (Å²) in [7, 11) is 5.71. The Labute approximate surface area is 91.6 Å². The molecule has 84 valence electrons. The smallest absolute Gasteiger partial charge is 0.247 e. The lowest BCUT2D eigenvalue weighted by molar-refractivity contribution is -0.902. The van der Waals surface area contributed by atoms with Crippen molar-refractivity contribution in [1.82, 2.24) is 5.32 Å². The molecule has 0 bridgehead atoms. The van der Waals surface area contributed by atoms with Gasteiger partial charge in [-0.2, -0.15) is 0 Å². The molecule has 0 saturated heterocycles. The number of rotatable bonds is 4.